The molecule has 0 saturated heterocycles. The second-order valence-electron chi connectivity index (χ2n) is 5.01. The molecule has 2 aromatic rings. The van der Waals surface area contributed by atoms with Gasteiger partial charge in [0, 0.05) is 17.8 Å². The number of ether oxygens (including phenoxy) is 1. The molecule has 0 aromatic heterocycles. The minimum absolute atomic E-state index is 0.336. The van der Waals surface area contributed by atoms with Gasteiger partial charge in [-0.05, 0) is 24.6 Å². The number of nitrogens with zero attached hydrogens (tertiary/aromatic N) is 1. The Bertz CT molecular complexity index is 556. The van der Waals surface area contributed by atoms with Crippen molar-refractivity contribution in [2.45, 2.75) is 12.5 Å². The van der Waals surface area contributed by atoms with Crippen LogP contribution in [0, 0.1) is 0 Å². The van der Waals surface area contributed by atoms with Gasteiger partial charge in [-0.3, -0.25) is 0 Å². The minimum atomic E-state index is -0.336. The Morgan fingerprint density at radius 2 is 1.80 bits per heavy atom. The number of anilines is 1. The zero-order valence-electron chi connectivity index (χ0n) is 11.4. The van der Waals surface area contributed by atoms with E-state index in [-0.39, 0.29) is 6.10 Å². The summed E-state index contributed by atoms with van der Waals surface area (Å²) in [5.41, 5.74) is 2.15. The van der Waals surface area contributed by atoms with Gasteiger partial charge in [-0.25, -0.2) is 0 Å². The van der Waals surface area contributed by atoms with E-state index in [1.54, 1.807) is 0 Å². The van der Waals surface area contributed by atoms with Crippen LogP contribution in [0.4, 0.5) is 5.69 Å². The number of hydrogen-bond acceptors (Lipinski definition) is 3. The molecule has 20 heavy (non-hydrogen) atoms. The van der Waals surface area contributed by atoms with Crippen LogP contribution in [0.15, 0.2) is 54.6 Å². The van der Waals surface area contributed by atoms with Gasteiger partial charge in [-0.1, -0.05) is 36.4 Å². The van der Waals surface area contributed by atoms with Crippen LogP contribution in [0.25, 0.3) is 0 Å². The van der Waals surface area contributed by atoms with Gasteiger partial charge in [0.2, 0.25) is 0 Å². The van der Waals surface area contributed by atoms with Gasteiger partial charge in [0.25, 0.3) is 0 Å². The van der Waals surface area contributed by atoms with Crippen molar-refractivity contribution in [1.29, 1.82) is 0 Å². The first-order valence-corrected chi connectivity index (χ1v) is 7.04. The molecule has 1 heterocycles. The van der Waals surface area contributed by atoms with Crippen molar-refractivity contribution in [3.63, 3.8) is 0 Å². The minimum Gasteiger partial charge on any atom is -0.492 e. The van der Waals surface area contributed by atoms with Crippen LogP contribution in [0.3, 0.4) is 0 Å². The zero-order valence-corrected chi connectivity index (χ0v) is 11.4. The van der Waals surface area contributed by atoms with Crippen molar-refractivity contribution in [2.24, 2.45) is 0 Å². The van der Waals surface area contributed by atoms with Gasteiger partial charge in [-0.2, -0.15) is 0 Å². The van der Waals surface area contributed by atoms with Crippen LogP contribution >= 0.6 is 0 Å². The molecular formula is C17H19NO2. The van der Waals surface area contributed by atoms with E-state index in [0.717, 1.165) is 36.5 Å². The van der Waals surface area contributed by atoms with Gasteiger partial charge < -0.3 is 14.7 Å². The lowest BCUT2D eigenvalue weighted by molar-refractivity contribution is 0.163. The highest BCUT2D eigenvalue weighted by Crippen LogP contribution is 2.33. The molecule has 1 unspecified atom stereocenters. The molecule has 0 aliphatic carbocycles. The molecule has 3 nitrogen and oxygen atoms in total. The van der Waals surface area contributed by atoms with Crippen LogP contribution in [0.5, 0.6) is 5.75 Å². The monoisotopic (exact) mass is 269 g/mol. The fourth-order valence-corrected chi connectivity index (χ4v) is 2.63. The van der Waals surface area contributed by atoms with E-state index < -0.39 is 0 Å². The first-order valence-electron chi connectivity index (χ1n) is 7.04. The molecule has 1 aliphatic heterocycles. The lowest BCUT2D eigenvalue weighted by Gasteiger charge is -2.33. The predicted octanol–water partition coefficient (Wildman–Crippen LogP) is 3.01. The Balaban J connectivity index is 1.63. The lowest BCUT2D eigenvalue weighted by atomic mass is 9.99. The molecule has 0 bridgehead atoms. The highest BCUT2D eigenvalue weighted by molar-refractivity contribution is 5.56. The number of rotatable bonds is 4. The second-order valence-corrected chi connectivity index (χ2v) is 5.01. The molecule has 0 radical (unpaired) electrons. The van der Waals surface area contributed by atoms with Crippen molar-refractivity contribution in [3.8, 4) is 5.75 Å². The number of aliphatic hydroxyl groups is 1. The number of hydrogen-bond donors (Lipinski definition) is 1. The van der Waals surface area contributed by atoms with Gasteiger partial charge in [-0.15, -0.1) is 0 Å². The summed E-state index contributed by atoms with van der Waals surface area (Å²) in [4.78, 5) is 2.28. The van der Waals surface area contributed by atoms with Crippen molar-refractivity contribution < 1.29 is 9.84 Å². The molecule has 1 atom stereocenters. The summed E-state index contributed by atoms with van der Waals surface area (Å²) >= 11 is 0. The SMILES string of the molecule is OC1CCN(CCOc2ccccc2)c2ccccc21. The van der Waals surface area contributed by atoms with E-state index in [9.17, 15) is 5.11 Å². The zero-order chi connectivity index (χ0) is 13.8. The van der Waals surface area contributed by atoms with E-state index in [1.165, 1.54) is 0 Å². The highest BCUT2D eigenvalue weighted by Gasteiger charge is 2.22. The number of benzene rings is 2. The summed E-state index contributed by atoms with van der Waals surface area (Å²) in [5, 5.41) is 10.0. The van der Waals surface area contributed by atoms with Crippen molar-refractivity contribution >= 4 is 5.69 Å². The highest BCUT2D eigenvalue weighted by atomic mass is 16.5. The number of aliphatic hydroxyl groups excluding tert-OH is 1. The molecule has 3 rings (SSSR count). The predicted molar refractivity (Wildman–Crippen MR) is 80.2 cm³/mol. The van der Waals surface area contributed by atoms with Gasteiger partial charge >= 0.3 is 0 Å². The molecular weight excluding hydrogens is 250 g/mol. The van der Waals surface area contributed by atoms with Crippen molar-refractivity contribution in [3.05, 3.63) is 60.2 Å². The summed E-state index contributed by atoms with van der Waals surface area (Å²) in [6.45, 7) is 2.35. The Morgan fingerprint density at radius 1 is 1.05 bits per heavy atom. The van der Waals surface area contributed by atoms with Crippen LogP contribution in [0.1, 0.15) is 18.1 Å². The molecule has 1 N–H and O–H groups in total. The average molecular weight is 269 g/mol. The molecule has 104 valence electrons. The molecule has 0 saturated carbocycles. The fraction of sp³-hybridized carbons (Fsp3) is 0.294. The largest absolute Gasteiger partial charge is 0.492 e. The third-order valence-corrected chi connectivity index (χ3v) is 3.68. The maximum absolute atomic E-state index is 10.0. The van der Waals surface area contributed by atoms with Crippen molar-refractivity contribution in [2.75, 3.05) is 24.6 Å². The average Bonchev–Trinajstić information content (AvgIpc) is 2.51. The second kappa shape index (κ2) is 5.97. The third kappa shape index (κ3) is 2.78. The Hall–Kier alpha value is -2.00. The van der Waals surface area contributed by atoms with Gasteiger partial charge in [0.1, 0.15) is 12.4 Å². The van der Waals surface area contributed by atoms with Crippen molar-refractivity contribution in [1.82, 2.24) is 0 Å². The fourth-order valence-electron chi connectivity index (χ4n) is 2.63. The Labute approximate surface area is 119 Å². The first-order chi connectivity index (χ1) is 9.84. The third-order valence-electron chi connectivity index (χ3n) is 3.68. The summed E-state index contributed by atoms with van der Waals surface area (Å²) in [7, 11) is 0. The molecule has 2 aromatic carbocycles. The van der Waals surface area contributed by atoms with E-state index >= 15 is 0 Å². The summed E-state index contributed by atoms with van der Waals surface area (Å²) < 4.78 is 5.75. The van der Waals surface area contributed by atoms with Crippen LogP contribution in [-0.2, 0) is 0 Å². The molecule has 1 aliphatic rings. The van der Waals surface area contributed by atoms with Crippen LogP contribution in [-0.4, -0.2) is 24.8 Å². The van der Waals surface area contributed by atoms with Gasteiger partial charge in [0.05, 0.1) is 12.6 Å². The number of para-hydroxylation sites is 2. The van der Waals surface area contributed by atoms with Gasteiger partial charge in [0.15, 0.2) is 0 Å². The maximum Gasteiger partial charge on any atom is 0.119 e. The number of fused-ring (bicyclic) bond motifs is 1. The normalized spacial score (nSPS) is 17.6. The maximum atomic E-state index is 10.0. The summed E-state index contributed by atoms with van der Waals surface area (Å²) in [6.07, 6.45) is 0.444. The molecule has 0 fully saturated rings. The Kier molecular flexibility index (Phi) is 3.88. The lowest BCUT2D eigenvalue weighted by Crippen LogP contribution is -2.34. The summed E-state index contributed by atoms with van der Waals surface area (Å²) in [6, 6.07) is 17.9. The van der Waals surface area contributed by atoms with Crippen LogP contribution in [0.2, 0.25) is 0 Å². The quantitative estimate of drug-likeness (QED) is 0.926. The molecule has 3 heteroatoms. The van der Waals surface area contributed by atoms with Crippen LogP contribution < -0.4 is 9.64 Å². The van der Waals surface area contributed by atoms with E-state index in [1.807, 2.05) is 48.5 Å². The molecule has 0 spiro atoms. The van der Waals surface area contributed by atoms with E-state index in [4.69, 9.17) is 4.74 Å². The Morgan fingerprint density at radius 3 is 2.65 bits per heavy atom. The molecule has 0 amide bonds. The van der Waals surface area contributed by atoms with E-state index in [0.29, 0.717) is 6.61 Å². The van der Waals surface area contributed by atoms with E-state index in [2.05, 4.69) is 11.0 Å². The topological polar surface area (TPSA) is 32.7 Å². The summed E-state index contributed by atoms with van der Waals surface area (Å²) in [5.74, 6) is 0.901. The smallest absolute Gasteiger partial charge is 0.119 e. The first kappa shape index (κ1) is 13.0. The standard InChI is InChI=1S/C17H19NO2/c19-17-10-11-18(16-9-5-4-8-15(16)17)12-13-20-14-6-2-1-3-7-14/h1-9,17,19H,10-13H2.